The van der Waals surface area contributed by atoms with Gasteiger partial charge in [0.2, 0.25) is 0 Å². The third kappa shape index (κ3) is 1.78. The summed E-state index contributed by atoms with van der Waals surface area (Å²) in [5.74, 6) is 0. The summed E-state index contributed by atoms with van der Waals surface area (Å²) in [4.78, 5) is 0. The molecule has 0 bridgehead atoms. The summed E-state index contributed by atoms with van der Waals surface area (Å²) in [5, 5.41) is 2.76. The Bertz CT molecular complexity index is 59.5. The Labute approximate surface area is 55.8 Å². The molecule has 0 aliphatic carbocycles. The van der Waals surface area contributed by atoms with E-state index >= 15 is 0 Å². The van der Waals surface area contributed by atoms with Crippen LogP contribution in [-0.4, -0.2) is 21.1 Å². The van der Waals surface area contributed by atoms with E-state index in [1.165, 1.54) is 23.4 Å². The van der Waals surface area contributed by atoms with E-state index in [0.29, 0.717) is 0 Å². The minimum atomic E-state index is -0.605. The van der Waals surface area contributed by atoms with Crippen LogP contribution in [-0.2, 0) is 3.79 Å². The molecule has 0 aromatic carbocycles. The van der Waals surface area contributed by atoms with Gasteiger partial charge < -0.3 is 3.79 Å². The molecule has 1 aliphatic heterocycles. The molecule has 0 aromatic rings. The Morgan fingerprint density at radius 2 is 2.38 bits per heavy atom. The molecule has 0 N–H and O–H groups in total. The zero-order chi connectivity index (χ0) is 5.82. The molecule has 2 heteroatoms. The second-order valence-electron chi connectivity index (χ2n) is 2.40. The van der Waals surface area contributed by atoms with Crippen molar-refractivity contribution in [3.05, 3.63) is 0 Å². The van der Waals surface area contributed by atoms with Crippen LogP contribution in [0.4, 0.5) is 0 Å². The molecule has 1 nitrogen and oxygen atoms in total. The zero-order valence-electron chi connectivity index (χ0n) is 5.52. The molecule has 8 heavy (non-hydrogen) atoms. The first kappa shape index (κ1) is 6.61. The highest BCUT2D eigenvalue weighted by Gasteiger charge is 2.19. The lowest BCUT2D eigenvalue weighted by atomic mass is 10.4. The van der Waals surface area contributed by atoms with Gasteiger partial charge in [0.05, 0.1) is 0 Å². The van der Waals surface area contributed by atoms with Gasteiger partial charge >= 0.3 is 14.5 Å². The fraction of sp³-hybridized carbons (Fsp3) is 1.00. The highest BCUT2D eigenvalue weighted by atomic mass is 27.2. The van der Waals surface area contributed by atoms with Gasteiger partial charge in [-0.15, -0.1) is 0 Å². The zero-order valence-corrected chi connectivity index (χ0v) is 6.68. The Balaban J connectivity index is 2.13. The van der Waals surface area contributed by atoms with Crippen LogP contribution in [0.15, 0.2) is 0 Å². The molecule has 0 amide bonds. The molecule has 1 aliphatic rings. The molecular formula is C6H13AlO. The normalized spacial score (nSPS) is 21.4. The van der Waals surface area contributed by atoms with E-state index in [9.17, 15) is 0 Å². The van der Waals surface area contributed by atoms with E-state index in [2.05, 4.69) is 6.92 Å². The molecular weight excluding hydrogens is 115 g/mol. The van der Waals surface area contributed by atoms with Crippen LogP contribution < -0.4 is 0 Å². The van der Waals surface area contributed by atoms with Crippen molar-refractivity contribution in [3.8, 4) is 0 Å². The first-order valence-electron chi connectivity index (χ1n) is 3.55. The summed E-state index contributed by atoms with van der Waals surface area (Å²) in [6.45, 7) is 3.31. The summed E-state index contributed by atoms with van der Waals surface area (Å²) < 4.78 is 5.57. The molecule has 0 aromatic heterocycles. The lowest BCUT2D eigenvalue weighted by molar-refractivity contribution is 0.287. The predicted octanol–water partition coefficient (Wildman–Crippen LogP) is 1.81. The lowest BCUT2D eigenvalue weighted by Crippen LogP contribution is -2.21. The van der Waals surface area contributed by atoms with Crippen LogP contribution in [0, 0.1) is 0 Å². The van der Waals surface area contributed by atoms with Crippen molar-refractivity contribution < 1.29 is 3.79 Å². The lowest BCUT2D eigenvalue weighted by Gasteiger charge is -2.16. The molecule has 1 heterocycles. The molecule has 1 fully saturated rings. The smallest absolute Gasteiger partial charge is 0.460 e. The van der Waals surface area contributed by atoms with E-state index in [1.54, 1.807) is 0 Å². The topological polar surface area (TPSA) is 9.23 Å². The SMILES string of the molecule is C[CH2][Al]1[CH2]CCC[O]1. The van der Waals surface area contributed by atoms with Crippen LogP contribution in [0.1, 0.15) is 19.8 Å². The van der Waals surface area contributed by atoms with Crippen molar-refractivity contribution >= 4 is 14.5 Å². The number of hydrogen-bond acceptors (Lipinski definition) is 1. The Kier molecular flexibility index (Phi) is 2.90. The second kappa shape index (κ2) is 3.50. The summed E-state index contributed by atoms with van der Waals surface area (Å²) in [6, 6.07) is 0. The van der Waals surface area contributed by atoms with Gasteiger partial charge in [-0.25, -0.2) is 0 Å². The maximum atomic E-state index is 5.57. The van der Waals surface area contributed by atoms with E-state index in [4.69, 9.17) is 3.79 Å². The Hall–Kier alpha value is 0.492. The molecule has 0 unspecified atom stereocenters. The quantitative estimate of drug-likeness (QED) is 0.489. The van der Waals surface area contributed by atoms with E-state index in [0.717, 1.165) is 6.61 Å². The first-order valence-corrected chi connectivity index (χ1v) is 5.65. The molecule has 0 radical (unpaired) electrons. The third-order valence-electron chi connectivity index (χ3n) is 1.73. The molecule has 0 atom stereocenters. The van der Waals surface area contributed by atoms with Crippen molar-refractivity contribution in [1.29, 1.82) is 0 Å². The van der Waals surface area contributed by atoms with Gasteiger partial charge in [-0.1, -0.05) is 23.9 Å². The Morgan fingerprint density at radius 3 is 2.75 bits per heavy atom. The van der Waals surface area contributed by atoms with E-state index in [-0.39, 0.29) is 0 Å². The van der Waals surface area contributed by atoms with Crippen molar-refractivity contribution in [2.75, 3.05) is 6.61 Å². The van der Waals surface area contributed by atoms with E-state index in [1.807, 2.05) is 0 Å². The van der Waals surface area contributed by atoms with Crippen LogP contribution in [0.5, 0.6) is 0 Å². The predicted molar refractivity (Wildman–Crippen MR) is 36.2 cm³/mol. The van der Waals surface area contributed by atoms with Gasteiger partial charge in [0, 0.05) is 6.61 Å². The van der Waals surface area contributed by atoms with Crippen LogP contribution in [0.25, 0.3) is 0 Å². The molecule has 0 saturated carbocycles. The first-order chi connectivity index (χ1) is 3.93. The van der Waals surface area contributed by atoms with Gasteiger partial charge in [0.15, 0.2) is 0 Å². The van der Waals surface area contributed by atoms with Crippen LogP contribution in [0.3, 0.4) is 0 Å². The van der Waals surface area contributed by atoms with E-state index < -0.39 is 14.5 Å². The largest absolute Gasteiger partial charge is 0.501 e. The average Bonchev–Trinajstić information content (AvgIpc) is 1.90. The molecule has 0 spiro atoms. The van der Waals surface area contributed by atoms with Crippen molar-refractivity contribution in [2.24, 2.45) is 0 Å². The summed E-state index contributed by atoms with van der Waals surface area (Å²) >= 11 is -0.605. The third-order valence-corrected chi connectivity index (χ3v) is 4.40. The minimum Gasteiger partial charge on any atom is -0.501 e. The standard InChI is InChI=1S/C4H8O.C2H5.Al/c1-2-3-4-5;1-2;/h1-4H2;1H2,2H3;/q-1;;+1. The fourth-order valence-corrected chi connectivity index (χ4v) is 3.18. The van der Waals surface area contributed by atoms with Crippen LogP contribution in [0.2, 0.25) is 10.6 Å². The second-order valence-corrected chi connectivity index (χ2v) is 5.37. The Morgan fingerprint density at radius 1 is 1.50 bits per heavy atom. The monoisotopic (exact) mass is 128 g/mol. The molecule has 1 rings (SSSR count). The van der Waals surface area contributed by atoms with Crippen molar-refractivity contribution in [2.45, 2.75) is 30.3 Å². The van der Waals surface area contributed by atoms with Crippen molar-refractivity contribution in [3.63, 3.8) is 0 Å². The summed E-state index contributed by atoms with van der Waals surface area (Å²) in [6.07, 6.45) is 2.74. The van der Waals surface area contributed by atoms with Gasteiger partial charge in [0.25, 0.3) is 0 Å². The van der Waals surface area contributed by atoms with Gasteiger partial charge in [-0.3, -0.25) is 0 Å². The summed E-state index contributed by atoms with van der Waals surface area (Å²) in [5.41, 5.74) is 0. The fourth-order valence-electron chi connectivity index (χ4n) is 1.13. The number of rotatable bonds is 1. The molecule has 46 valence electrons. The average molecular weight is 128 g/mol. The van der Waals surface area contributed by atoms with Crippen LogP contribution >= 0.6 is 0 Å². The van der Waals surface area contributed by atoms with Crippen molar-refractivity contribution in [1.82, 2.24) is 0 Å². The minimum absolute atomic E-state index is 0.605. The highest BCUT2D eigenvalue weighted by Crippen LogP contribution is 2.12. The maximum absolute atomic E-state index is 5.57. The molecule has 1 saturated heterocycles. The maximum Gasteiger partial charge on any atom is 0.460 e. The number of hydrogen-bond donors (Lipinski definition) is 0. The van der Waals surface area contributed by atoms with Gasteiger partial charge in [-0.2, -0.15) is 0 Å². The summed E-state index contributed by atoms with van der Waals surface area (Å²) in [7, 11) is 0. The highest BCUT2D eigenvalue weighted by molar-refractivity contribution is 6.51. The van der Waals surface area contributed by atoms with Gasteiger partial charge in [0.1, 0.15) is 0 Å². The van der Waals surface area contributed by atoms with Gasteiger partial charge in [-0.05, 0) is 6.42 Å².